The summed E-state index contributed by atoms with van der Waals surface area (Å²) in [7, 11) is 0. The van der Waals surface area contributed by atoms with Gasteiger partial charge in [-0.15, -0.1) is 0 Å². The van der Waals surface area contributed by atoms with E-state index < -0.39 is 0 Å². The number of hydrogen-bond acceptors (Lipinski definition) is 2. The van der Waals surface area contributed by atoms with Gasteiger partial charge in [0, 0.05) is 12.7 Å². The van der Waals surface area contributed by atoms with Gasteiger partial charge in [0.2, 0.25) is 0 Å². The molecule has 2 nitrogen and oxygen atoms in total. The van der Waals surface area contributed by atoms with Gasteiger partial charge in [0.25, 0.3) is 0 Å². The molecule has 0 radical (unpaired) electrons. The Balaban J connectivity index is 2.26. The average Bonchev–Trinajstić information content (AvgIpc) is 2.11. The van der Waals surface area contributed by atoms with Crippen molar-refractivity contribution < 1.29 is 4.39 Å². The van der Waals surface area contributed by atoms with E-state index in [9.17, 15) is 4.39 Å². The van der Waals surface area contributed by atoms with Crippen LogP contribution in [0.5, 0.6) is 0 Å². The maximum absolute atomic E-state index is 12.8. The van der Waals surface area contributed by atoms with Crippen molar-refractivity contribution in [2.24, 2.45) is 5.41 Å². The number of hydrogen-bond donors (Lipinski definition) is 1. The number of rotatable bonds is 4. The lowest BCUT2D eigenvalue weighted by atomic mass is 9.92. The highest BCUT2D eigenvalue weighted by Gasteiger charge is 2.08. The molecule has 1 N–H and O–H groups in total. The van der Waals surface area contributed by atoms with E-state index in [2.05, 4.69) is 31.1 Å². The van der Waals surface area contributed by atoms with E-state index in [4.69, 9.17) is 0 Å². The molecule has 0 atom stereocenters. The number of aromatic nitrogens is 1. The van der Waals surface area contributed by atoms with Crippen LogP contribution < -0.4 is 5.32 Å². The van der Waals surface area contributed by atoms with E-state index in [0.29, 0.717) is 12.0 Å². The summed E-state index contributed by atoms with van der Waals surface area (Å²) in [6.07, 6.45) is 4.02. The van der Waals surface area contributed by atoms with Crippen molar-refractivity contribution in [1.82, 2.24) is 10.3 Å². The van der Waals surface area contributed by atoms with E-state index in [0.717, 1.165) is 18.5 Å². The van der Waals surface area contributed by atoms with E-state index in [1.54, 1.807) is 6.20 Å². The molecule has 0 unspecified atom stereocenters. The van der Waals surface area contributed by atoms with Crippen molar-refractivity contribution >= 4 is 0 Å². The molecule has 0 spiro atoms. The first-order valence-corrected chi connectivity index (χ1v) is 5.27. The van der Waals surface area contributed by atoms with Gasteiger partial charge in [0.1, 0.15) is 5.82 Å². The fourth-order valence-corrected chi connectivity index (χ4v) is 1.25. The SMILES string of the molecule is CC(C)(C)CCNCc1cncc(F)c1. The zero-order valence-electron chi connectivity index (χ0n) is 9.68. The van der Waals surface area contributed by atoms with Crippen LogP contribution in [-0.2, 0) is 6.54 Å². The smallest absolute Gasteiger partial charge is 0.141 e. The Morgan fingerprint density at radius 3 is 2.67 bits per heavy atom. The maximum atomic E-state index is 12.8. The molecule has 1 aromatic heterocycles. The second-order valence-corrected chi connectivity index (χ2v) is 5.00. The zero-order valence-corrected chi connectivity index (χ0v) is 9.68. The van der Waals surface area contributed by atoms with E-state index in [-0.39, 0.29) is 5.82 Å². The molecule has 0 aromatic carbocycles. The van der Waals surface area contributed by atoms with Gasteiger partial charge in [-0.25, -0.2) is 4.39 Å². The quantitative estimate of drug-likeness (QED) is 0.773. The third-order valence-corrected chi connectivity index (χ3v) is 2.14. The fraction of sp³-hybridized carbons (Fsp3) is 0.583. The van der Waals surface area contributed by atoms with Crippen LogP contribution in [0, 0.1) is 11.2 Å². The molecular formula is C12H19FN2. The van der Waals surface area contributed by atoms with Gasteiger partial charge in [-0.05, 0) is 30.0 Å². The lowest BCUT2D eigenvalue weighted by Crippen LogP contribution is -2.20. The predicted molar refractivity (Wildman–Crippen MR) is 60.0 cm³/mol. The molecule has 84 valence electrons. The first kappa shape index (κ1) is 12.1. The second kappa shape index (κ2) is 5.21. The first-order chi connectivity index (χ1) is 6.97. The lowest BCUT2D eigenvalue weighted by Gasteiger charge is -2.17. The van der Waals surface area contributed by atoms with Crippen LogP contribution in [-0.4, -0.2) is 11.5 Å². The van der Waals surface area contributed by atoms with Crippen LogP contribution in [0.25, 0.3) is 0 Å². The first-order valence-electron chi connectivity index (χ1n) is 5.27. The van der Waals surface area contributed by atoms with Crippen LogP contribution >= 0.6 is 0 Å². The van der Waals surface area contributed by atoms with Gasteiger partial charge in [0.05, 0.1) is 6.20 Å². The van der Waals surface area contributed by atoms with Crippen molar-refractivity contribution in [3.8, 4) is 0 Å². The summed E-state index contributed by atoms with van der Waals surface area (Å²) >= 11 is 0. The van der Waals surface area contributed by atoms with Gasteiger partial charge in [0.15, 0.2) is 0 Å². The van der Waals surface area contributed by atoms with Gasteiger partial charge >= 0.3 is 0 Å². The van der Waals surface area contributed by atoms with Crippen molar-refractivity contribution in [2.75, 3.05) is 6.54 Å². The molecular weight excluding hydrogens is 191 g/mol. The van der Waals surface area contributed by atoms with Gasteiger partial charge in [-0.3, -0.25) is 4.98 Å². The standard InChI is InChI=1S/C12H19FN2/c1-12(2,3)4-5-14-7-10-6-11(13)9-15-8-10/h6,8-9,14H,4-5,7H2,1-3H3. The summed E-state index contributed by atoms with van der Waals surface area (Å²) in [5, 5.41) is 3.28. The van der Waals surface area contributed by atoms with Gasteiger partial charge in [-0.1, -0.05) is 20.8 Å². The van der Waals surface area contributed by atoms with Crippen molar-refractivity contribution in [3.05, 3.63) is 29.8 Å². The molecule has 15 heavy (non-hydrogen) atoms. The monoisotopic (exact) mass is 210 g/mol. The van der Waals surface area contributed by atoms with Crippen LogP contribution in [0.15, 0.2) is 18.5 Å². The number of pyridine rings is 1. The minimum atomic E-state index is -0.273. The largest absolute Gasteiger partial charge is 0.313 e. The van der Waals surface area contributed by atoms with E-state index in [1.165, 1.54) is 12.3 Å². The molecule has 0 saturated heterocycles. The van der Waals surface area contributed by atoms with Crippen LogP contribution in [0.2, 0.25) is 0 Å². The van der Waals surface area contributed by atoms with E-state index >= 15 is 0 Å². The summed E-state index contributed by atoms with van der Waals surface area (Å²) in [5.41, 5.74) is 1.23. The van der Waals surface area contributed by atoms with Crippen LogP contribution in [0.1, 0.15) is 32.8 Å². The molecule has 0 aliphatic heterocycles. The molecule has 1 heterocycles. The predicted octanol–water partition coefficient (Wildman–Crippen LogP) is 2.75. The van der Waals surface area contributed by atoms with E-state index in [1.807, 2.05) is 0 Å². The van der Waals surface area contributed by atoms with Gasteiger partial charge < -0.3 is 5.32 Å². The third-order valence-electron chi connectivity index (χ3n) is 2.14. The summed E-state index contributed by atoms with van der Waals surface area (Å²) in [4.78, 5) is 3.80. The highest BCUT2D eigenvalue weighted by Crippen LogP contribution is 2.16. The Kier molecular flexibility index (Phi) is 4.21. The number of nitrogens with zero attached hydrogens (tertiary/aromatic N) is 1. The molecule has 0 bridgehead atoms. The topological polar surface area (TPSA) is 24.9 Å². The maximum Gasteiger partial charge on any atom is 0.141 e. The van der Waals surface area contributed by atoms with Crippen LogP contribution in [0.4, 0.5) is 4.39 Å². The molecule has 0 saturated carbocycles. The van der Waals surface area contributed by atoms with Crippen molar-refractivity contribution in [1.29, 1.82) is 0 Å². The Morgan fingerprint density at radius 2 is 2.07 bits per heavy atom. The molecule has 1 rings (SSSR count). The molecule has 0 aliphatic carbocycles. The summed E-state index contributed by atoms with van der Waals surface area (Å²) < 4.78 is 12.8. The zero-order chi connectivity index (χ0) is 11.3. The van der Waals surface area contributed by atoms with Crippen molar-refractivity contribution in [2.45, 2.75) is 33.7 Å². The second-order valence-electron chi connectivity index (χ2n) is 5.00. The number of nitrogens with one attached hydrogen (secondary N) is 1. The average molecular weight is 210 g/mol. The van der Waals surface area contributed by atoms with Crippen molar-refractivity contribution in [3.63, 3.8) is 0 Å². The summed E-state index contributed by atoms with van der Waals surface area (Å²) in [5.74, 6) is -0.273. The molecule has 0 aliphatic rings. The molecule has 3 heteroatoms. The Bertz CT molecular complexity index is 305. The Hall–Kier alpha value is -0.960. The highest BCUT2D eigenvalue weighted by molar-refractivity contribution is 5.09. The summed E-state index contributed by atoms with van der Waals surface area (Å²) in [6, 6.07) is 1.51. The fourth-order valence-electron chi connectivity index (χ4n) is 1.25. The summed E-state index contributed by atoms with van der Waals surface area (Å²) in [6.45, 7) is 8.25. The minimum absolute atomic E-state index is 0.273. The highest BCUT2D eigenvalue weighted by atomic mass is 19.1. The van der Waals surface area contributed by atoms with Crippen LogP contribution in [0.3, 0.4) is 0 Å². The molecule has 0 amide bonds. The molecule has 0 fully saturated rings. The Labute approximate surface area is 90.9 Å². The van der Waals surface area contributed by atoms with Gasteiger partial charge in [-0.2, -0.15) is 0 Å². The third kappa shape index (κ3) is 5.47. The number of halogens is 1. The molecule has 1 aromatic rings. The normalized spacial score (nSPS) is 11.7. The minimum Gasteiger partial charge on any atom is -0.313 e. The lowest BCUT2D eigenvalue weighted by molar-refractivity contribution is 0.366. The Morgan fingerprint density at radius 1 is 1.33 bits per heavy atom.